The summed E-state index contributed by atoms with van der Waals surface area (Å²) in [5.41, 5.74) is -0.0663. The highest BCUT2D eigenvalue weighted by Gasteiger charge is 2.19. The molecule has 0 aliphatic carbocycles. The van der Waals surface area contributed by atoms with Crippen LogP contribution in [0, 0.1) is 3.57 Å². The number of rotatable bonds is 4. The third-order valence-electron chi connectivity index (χ3n) is 2.56. The highest BCUT2D eigenvalue weighted by molar-refractivity contribution is 14.1. The van der Waals surface area contributed by atoms with E-state index in [2.05, 4.69) is 20.7 Å². The van der Waals surface area contributed by atoms with Gasteiger partial charge in [0.1, 0.15) is 0 Å². The largest absolute Gasteiger partial charge is 0.478 e. The fraction of sp³-hybridized carbons (Fsp3) is 0. The minimum absolute atomic E-state index is 0.0305. The molecule has 0 unspecified atom stereocenters. The molecule has 0 aliphatic heterocycles. The Balaban J connectivity index is 2.44. The lowest BCUT2D eigenvalue weighted by atomic mass is 10.2. The average Bonchev–Trinajstić information content (AvgIpc) is 2.40. The molecule has 0 spiro atoms. The van der Waals surface area contributed by atoms with E-state index >= 15 is 0 Å². The Labute approximate surface area is 143 Å². The van der Waals surface area contributed by atoms with Crippen molar-refractivity contribution < 1.29 is 18.3 Å². The molecule has 2 rings (SSSR count). The summed E-state index contributed by atoms with van der Waals surface area (Å²) < 4.78 is 28.2. The maximum absolute atomic E-state index is 12.3. The lowest BCUT2D eigenvalue weighted by molar-refractivity contribution is 0.0698. The smallest absolute Gasteiger partial charge is 0.337 e. The van der Waals surface area contributed by atoms with Crippen LogP contribution in [0.4, 0.5) is 5.69 Å². The van der Waals surface area contributed by atoms with Crippen LogP contribution in [0.1, 0.15) is 10.4 Å². The third kappa shape index (κ3) is 3.95. The second-order valence-corrected chi connectivity index (χ2v) is 7.90. The lowest BCUT2D eigenvalue weighted by Crippen LogP contribution is -2.15. The van der Waals surface area contributed by atoms with Crippen molar-refractivity contribution in [2.45, 2.75) is 4.90 Å². The molecule has 2 N–H and O–H groups in total. The summed E-state index contributed by atoms with van der Waals surface area (Å²) in [5, 5.41) is 9.16. The fourth-order valence-electron chi connectivity index (χ4n) is 1.62. The summed E-state index contributed by atoms with van der Waals surface area (Å²) in [5.74, 6) is -1.19. The van der Waals surface area contributed by atoms with Crippen molar-refractivity contribution in [1.82, 2.24) is 0 Å². The van der Waals surface area contributed by atoms with E-state index in [9.17, 15) is 13.2 Å². The van der Waals surface area contributed by atoms with Crippen LogP contribution >= 0.6 is 38.5 Å². The number of nitrogens with one attached hydrogen (secondary N) is 1. The molecule has 2 aromatic rings. The summed E-state index contributed by atoms with van der Waals surface area (Å²) in [7, 11) is -3.85. The number of anilines is 1. The standard InChI is InChI=1S/C13H9BrINO4S/c14-8-2-1-3-10(6-8)21(19,20)16-12-5-4-9(15)7-11(12)13(17)18/h1-7,16H,(H,17,18). The van der Waals surface area contributed by atoms with Crippen LogP contribution in [0.15, 0.2) is 51.8 Å². The number of halogens is 2. The maximum Gasteiger partial charge on any atom is 0.337 e. The van der Waals surface area contributed by atoms with Crippen LogP contribution < -0.4 is 4.72 Å². The molecule has 0 aliphatic rings. The van der Waals surface area contributed by atoms with Gasteiger partial charge in [-0.2, -0.15) is 0 Å². The van der Waals surface area contributed by atoms with Crippen molar-refractivity contribution >= 4 is 60.2 Å². The molecular formula is C13H9BrINO4S. The molecule has 0 radical (unpaired) electrons. The van der Waals surface area contributed by atoms with Gasteiger partial charge in [0.05, 0.1) is 16.1 Å². The number of sulfonamides is 1. The zero-order chi connectivity index (χ0) is 15.6. The van der Waals surface area contributed by atoms with Crippen molar-refractivity contribution in [3.8, 4) is 0 Å². The van der Waals surface area contributed by atoms with Gasteiger partial charge in [-0.15, -0.1) is 0 Å². The topological polar surface area (TPSA) is 83.5 Å². The maximum atomic E-state index is 12.3. The molecule has 21 heavy (non-hydrogen) atoms. The predicted octanol–water partition coefficient (Wildman–Crippen LogP) is 3.55. The normalized spacial score (nSPS) is 11.1. The van der Waals surface area contributed by atoms with Crippen LogP contribution in [-0.2, 0) is 10.0 Å². The quantitative estimate of drug-likeness (QED) is 0.654. The first-order chi connectivity index (χ1) is 9.79. The van der Waals surface area contributed by atoms with Gasteiger partial charge in [-0.05, 0) is 59.0 Å². The van der Waals surface area contributed by atoms with E-state index in [1.54, 1.807) is 18.2 Å². The summed E-state index contributed by atoms with van der Waals surface area (Å²) >= 11 is 5.16. The number of benzene rings is 2. The Morgan fingerprint density at radius 3 is 2.52 bits per heavy atom. The first-order valence-corrected chi connectivity index (χ1v) is 8.96. The van der Waals surface area contributed by atoms with Gasteiger partial charge in [-0.25, -0.2) is 13.2 Å². The Morgan fingerprint density at radius 2 is 1.90 bits per heavy atom. The molecule has 110 valence electrons. The number of aromatic carboxylic acids is 1. The molecule has 0 heterocycles. The van der Waals surface area contributed by atoms with Gasteiger partial charge in [0, 0.05) is 8.04 Å². The average molecular weight is 482 g/mol. The molecule has 0 atom stereocenters. The summed E-state index contributed by atoms with van der Waals surface area (Å²) in [4.78, 5) is 11.3. The number of carboxylic acid groups (broad SMARTS) is 1. The summed E-state index contributed by atoms with van der Waals surface area (Å²) in [6.07, 6.45) is 0. The van der Waals surface area contributed by atoms with Crippen molar-refractivity contribution in [3.05, 3.63) is 56.1 Å². The van der Waals surface area contributed by atoms with E-state index in [0.29, 0.717) is 8.04 Å². The zero-order valence-corrected chi connectivity index (χ0v) is 14.9. The highest BCUT2D eigenvalue weighted by atomic mass is 127. The first-order valence-electron chi connectivity index (χ1n) is 5.61. The fourth-order valence-corrected chi connectivity index (χ4v) is 3.79. The highest BCUT2D eigenvalue weighted by Crippen LogP contribution is 2.23. The minimum Gasteiger partial charge on any atom is -0.478 e. The lowest BCUT2D eigenvalue weighted by Gasteiger charge is -2.11. The Morgan fingerprint density at radius 1 is 1.19 bits per heavy atom. The zero-order valence-electron chi connectivity index (χ0n) is 10.4. The second kappa shape index (κ2) is 6.32. The summed E-state index contributed by atoms with van der Waals surface area (Å²) in [6, 6.07) is 10.6. The van der Waals surface area contributed by atoms with Crippen molar-refractivity contribution in [2.75, 3.05) is 4.72 Å². The minimum atomic E-state index is -3.85. The third-order valence-corrected chi connectivity index (χ3v) is 5.09. The summed E-state index contributed by atoms with van der Waals surface area (Å²) in [6.45, 7) is 0. The number of carbonyl (C=O) groups is 1. The monoisotopic (exact) mass is 481 g/mol. The van der Waals surface area contributed by atoms with Crippen LogP contribution in [0.25, 0.3) is 0 Å². The van der Waals surface area contributed by atoms with Crippen molar-refractivity contribution in [1.29, 1.82) is 0 Å². The molecule has 0 saturated heterocycles. The molecule has 8 heteroatoms. The molecule has 0 aromatic heterocycles. The SMILES string of the molecule is O=C(O)c1cc(I)ccc1NS(=O)(=O)c1cccc(Br)c1. The van der Waals surface area contributed by atoms with Gasteiger partial charge in [0.25, 0.3) is 10.0 Å². The molecule has 0 saturated carbocycles. The Bertz CT molecular complexity index is 808. The van der Waals surface area contributed by atoms with E-state index in [-0.39, 0.29) is 16.1 Å². The predicted molar refractivity (Wildman–Crippen MR) is 91.1 cm³/mol. The van der Waals surface area contributed by atoms with Crippen LogP contribution in [0.2, 0.25) is 0 Å². The second-order valence-electron chi connectivity index (χ2n) is 4.06. The van der Waals surface area contributed by atoms with Gasteiger partial charge in [0.15, 0.2) is 0 Å². The van der Waals surface area contributed by atoms with E-state index < -0.39 is 16.0 Å². The number of hydrogen-bond donors (Lipinski definition) is 2. The number of hydrogen-bond acceptors (Lipinski definition) is 3. The van der Waals surface area contributed by atoms with E-state index in [1.165, 1.54) is 24.3 Å². The molecule has 2 aromatic carbocycles. The Hall–Kier alpha value is -1.13. The van der Waals surface area contributed by atoms with Crippen LogP contribution in [0.3, 0.4) is 0 Å². The van der Waals surface area contributed by atoms with Crippen LogP contribution in [0.5, 0.6) is 0 Å². The van der Waals surface area contributed by atoms with Gasteiger partial charge < -0.3 is 5.11 Å². The van der Waals surface area contributed by atoms with Gasteiger partial charge in [-0.1, -0.05) is 22.0 Å². The molecule has 0 bridgehead atoms. The van der Waals surface area contributed by atoms with Gasteiger partial charge in [0.2, 0.25) is 0 Å². The Kier molecular flexibility index (Phi) is 4.89. The van der Waals surface area contributed by atoms with Crippen molar-refractivity contribution in [2.24, 2.45) is 0 Å². The van der Waals surface area contributed by atoms with Gasteiger partial charge in [-0.3, -0.25) is 4.72 Å². The van der Waals surface area contributed by atoms with Gasteiger partial charge >= 0.3 is 5.97 Å². The molecule has 0 fully saturated rings. The number of carboxylic acids is 1. The molecular weight excluding hydrogens is 473 g/mol. The first kappa shape index (κ1) is 16.2. The van der Waals surface area contributed by atoms with E-state index in [1.807, 2.05) is 22.6 Å². The molecule has 0 amide bonds. The van der Waals surface area contributed by atoms with Crippen molar-refractivity contribution in [3.63, 3.8) is 0 Å². The van der Waals surface area contributed by atoms with Crippen LogP contribution in [-0.4, -0.2) is 19.5 Å². The van der Waals surface area contributed by atoms with E-state index in [4.69, 9.17) is 5.11 Å². The molecule has 5 nitrogen and oxygen atoms in total. The van der Waals surface area contributed by atoms with E-state index in [0.717, 1.165) is 0 Å².